The Kier molecular flexibility index (Phi) is 2.10. The molecule has 0 saturated carbocycles. The van der Waals surface area contributed by atoms with Gasteiger partial charge < -0.3 is 4.74 Å². The van der Waals surface area contributed by atoms with Gasteiger partial charge >= 0.3 is 5.97 Å². The predicted molar refractivity (Wildman–Crippen MR) is 50.8 cm³/mol. The fraction of sp³-hybridized carbons (Fsp3) is 0.100. The van der Waals surface area contributed by atoms with Crippen LogP contribution in [0.1, 0.15) is 6.92 Å². The Balaban J connectivity index is 2.46. The Morgan fingerprint density at radius 2 is 2.21 bits per heavy atom. The number of carbonyl (C=O) groups excluding carboxylic acids is 1. The monoisotopic (exact) mass is 188 g/mol. The summed E-state index contributed by atoms with van der Waals surface area (Å²) in [5.41, 5.74) is 0.575. The fourth-order valence-corrected chi connectivity index (χ4v) is 1.14. The largest absolute Gasteiger partial charge is 0.408 e. The summed E-state index contributed by atoms with van der Waals surface area (Å²) in [5, 5.41) is 0.920. The van der Waals surface area contributed by atoms with Gasteiger partial charge in [0.05, 0.1) is 0 Å². The van der Waals surface area contributed by atoms with Crippen molar-refractivity contribution in [3.8, 4) is 5.88 Å². The highest BCUT2D eigenvalue weighted by Gasteiger charge is 2.01. The van der Waals surface area contributed by atoms with Crippen LogP contribution in [-0.4, -0.2) is 15.9 Å². The van der Waals surface area contributed by atoms with E-state index >= 15 is 0 Å². The molecule has 0 amide bonds. The second kappa shape index (κ2) is 3.41. The van der Waals surface area contributed by atoms with Gasteiger partial charge in [0.25, 0.3) is 0 Å². The molecule has 2 aromatic rings. The summed E-state index contributed by atoms with van der Waals surface area (Å²) >= 11 is 0. The number of carbonyl (C=O) groups is 1. The van der Waals surface area contributed by atoms with Crippen LogP contribution < -0.4 is 4.74 Å². The predicted octanol–water partition coefficient (Wildman–Crippen LogP) is 1.56. The van der Waals surface area contributed by atoms with Gasteiger partial charge in [-0.1, -0.05) is 0 Å². The van der Waals surface area contributed by atoms with Crippen molar-refractivity contribution in [3.63, 3.8) is 0 Å². The molecular weight excluding hydrogens is 180 g/mol. The summed E-state index contributed by atoms with van der Waals surface area (Å²) < 4.78 is 4.83. The lowest BCUT2D eigenvalue weighted by molar-refractivity contribution is -0.132. The zero-order valence-corrected chi connectivity index (χ0v) is 7.60. The minimum absolute atomic E-state index is 0.281. The molecule has 4 nitrogen and oxygen atoms in total. The number of pyridine rings is 2. The van der Waals surface area contributed by atoms with Crippen molar-refractivity contribution in [2.24, 2.45) is 0 Å². The number of hydrogen-bond donors (Lipinski definition) is 0. The van der Waals surface area contributed by atoms with Crippen LogP contribution in [0.25, 0.3) is 11.0 Å². The zero-order valence-electron chi connectivity index (χ0n) is 7.60. The van der Waals surface area contributed by atoms with Crippen molar-refractivity contribution in [1.29, 1.82) is 0 Å². The standard InChI is InChI=1S/C10H8N2O2/c1-7(13)14-9-5-4-8-3-2-6-11-10(8)12-9/h2-6H,1H3. The van der Waals surface area contributed by atoms with E-state index in [1.54, 1.807) is 12.3 Å². The second-order valence-corrected chi connectivity index (χ2v) is 2.79. The number of hydrogen-bond acceptors (Lipinski definition) is 4. The van der Waals surface area contributed by atoms with E-state index in [0.29, 0.717) is 5.65 Å². The summed E-state index contributed by atoms with van der Waals surface area (Å²) in [6.07, 6.45) is 1.65. The molecule has 4 heteroatoms. The zero-order chi connectivity index (χ0) is 9.97. The van der Waals surface area contributed by atoms with Crippen LogP contribution in [0.3, 0.4) is 0 Å². The molecule has 0 aliphatic heterocycles. The Labute approximate surface area is 80.6 Å². The van der Waals surface area contributed by atoms with E-state index in [0.717, 1.165) is 5.39 Å². The first-order chi connectivity index (χ1) is 6.75. The maximum absolute atomic E-state index is 10.7. The molecule has 0 aliphatic rings. The highest BCUT2D eigenvalue weighted by molar-refractivity contribution is 5.76. The third kappa shape index (κ3) is 1.69. The van der Waals surface area contributed by atoms with Gasteiger partial charge in [0.2, 0.25) is 5.88 Å². The van der Waals surface area contributed by atoms with E-state index in [2.05, 4.69) is 9.97 Å². The first-order valence-electron chi connectivity index (χ1n) is 4.16. The molecule has 0 aliphatic carbocycles. The van der Waals surface area contributed by atoms with Crippen molar-refractivity contribution in [2.75, 3.05) is 0 Å². The third-order valence-electron chi connectivity index (χ3n) is 1.69. The Bertz CT molecular complexity index is 482. The molecule has 0 radical (unpaired) electrons. The lowest BCUT2D eigenvalue weighted by Gasteiger charge is -2.00. The molecule has 0 bridgehead atoms. The number of ether oxygens (including phenoxy) is 1. The van der Waals surface area contributed by atoms with Crippen molar-refractivity contribution >= 4 is 17.0 Å². The Morgan fingerprint density at radius 1 is 1.36 bits per heavy atom. The molecule has 14 heavy (non-hydrogen) atoms. The van der Waals surface area contributed by atoms with Gasteiger partial charge in [0, 0.05) is 24.6 Å². The maximum Gasteiger partial charge on any atom is 0.309 e. The Hall–Kier alpha value is -1.97. The smallest absolute Gasteiger partial charge is 0.309 e. The van der Waals surface area contributed by atoms with Crippen molar-refractivity contribution in [3.05, 3.63) is 30.5 Å². The molecule has 70 valence electrons. The van der Waals surface area contributed by atoms with Gasteiger partial charge in [-0.25, -0.2) is 4.98 Å². The van der Waals surface area contributed by atoms with E-state index in [1.165, 1.54) is 6.92 Å². The summed E-state index contributed by atoms with van der Waals surface area (Å²) in [4.78, 5) is 18.8. The topological polar surface area (TPSA) is 52.1 Å². The number of aromatic nitrogens is 2. The van der Waals surface area contributed by atoms with E-state index in [-0.39, 0.29) is 11.8 Å². The SMILES string of the molecule is CC(=O)Oc1ccc2cccnc2n1. The molecule has 0 aromatic carbocycles. The summed E-state index contributed by atoms with van der Waals surface area (Å²) in [6.45, 7) is 1.34. The molecule has 0 spiro atoms. The van der Waals surface area contributed by atoms with Crippen LogP contribution >= 0.6 is 0 Å². The molecule has 0 fully saturated rings. The van der Waals surface area contributed by atoms with Gasteiger partial charge in [0.15, 0.2) is 5.65 Å². The van der Waals surface area contributed by atoms with Crippen molar-refractivity contribution in [1.82, 2.24) is 9.97 Å². The van der Waals surface area contributed by atoms with Gasteiger partial charge in [-0.15, -0.1) is 0 Å². The minimum atomic E-state index is -0.382. The summed E-state index contributed by atoms with van der Waals surface area (Å²) in [7, 11) is 0. The van der Waals surface area contributed by atoms with E-state index in [9.17, 15) is 4.79 Å². The molecule has 2 aromatic heterocycles. The van der Waals surface area contributed by atoms with Gasteiger partial charge in [-0.3, -0.25) is 4.79 Å². The average molecular weight is 188 g/mol. The van der Waals surface area contributed by atoms with Crippen LogP contribution in [0.5, 0.6) is 5.88 Å². The number of rotatable bonds is 1. The second-order valence-electron chi connectivity index (χ2n) is 2.79. The first kappa shape index (κ1) is 8.62. The van der Waals surface area contributed by atoms with E-state index in [1.807, 2.05) is 18.2 Å². The molecule has 2 heterocycles. The van der Waals surface area contributed by atoms with Gasteiger partial charge in [-0.2, -0.15) is 4.98 Å². The summed E-state index contributed by atoms with van der Waals surface area (Å²) in [6, 6.07) is 7.18. The van der Waals surface area contributed by atoms with Crippen LogP contribution in [0.15, 0.2) is 30.5 Å². The van der Waals surface area contributed by atoms with Crippen LogP contribution in [0.2, 0.25) is 0 Å². The highest BCUT2D eigenvalue weighted by atomic mass is 16.5. The highest BCUT2D eigenvalue weighted by Crippen LogP contribution is 2.13. The summed E-state index contributed by atoms with van der Waals surface area (Å²) in [5.74, 6) is -0.100. The Morgan fingerprint density at radius 3 is 3.00 bits per heavy atom. The molecule has 0 N–H and O–H groups in total. The average Bonchev–Trinajstić information content (AvgIpc) is 2.17. The van der Waals surface area contributed by atoms with Gasteiger partial charge in [-0.05, 0) is 18.2 Å². The first-order valence-corrected chi connectivity index (χ1v) is 4.16. The molecule has 0 atom stereocenters. The van der Waals surface area contributed by atoms with Crippen molar-refractivity contribution in [2.45, 2.75) is 6.92 Å². The maximum atomic E-state index is 10.7. The fourth-order valence-electron chi connectivity index (χ4n) is 1.14. The minimum Gasteiger partial charge on any atom is -0.408 e. The van der Waals surface area contributed by atoms with Crippen LogP contribution in [0.4, 0.5) is 0 Å². The number of fused-ring (bicyclic) bond motifs is 1. The third-order valence-corrected chi connectivity index (χ3v) is 1.69. The lowest BCUT2D eigenvalue weighted by atomic mass is 10.3. The van der Waals surface area contributed by atoms with Gasteiger partial charge in [0.1, 0.15) is 0 Å². The quantitative estimate of drug-likeness (QED) is 0.637. The van der Waals surface area contributed by atoms with Crippen molar-refractivity contribution < 1.29 is 9.53 Å². The van der Waals surface area contributed by atoms with Crippen LogP contribution in [0, 0.1) is 0 Å². The number of nitrogens with zero attached hydrogens (tertiary/aromatic N) is 2. The lowest BCUT2D eigenvalue weighted by Crippen LogP contribution is -2.03. The molecule has 2 rings (SSSR count). The molecule has 0 saturated heterocycles. The van der Waals surface area contributed by atoms with Crippen LogP contribution in [-0.2, 0) is 4.79 Å². The van der Waals surface area contributed by atoms with E-state index in [4.69, 9.17) is 4.74 Å². The molecule has 0 unspecified atom stereocenters. The normalized spacial score (nSPS) is 10.1. The molecular formula is C10H8N2O2. The van der Waals surface area contributed by atoms with E-state index < -0.39 is 0 Å². The number of esters is 1.